The summed E-state index contributed by atoms with van der Waals surface area (Å²) in [6.45, 7) is 3.39. The van der Waals surface area contributed by atoms with E-state index in [9.17, 15) is 14.4 Å². The first-order chi connectivity index (χ1) is 14.1. The Labute approximate surface area is 170 Å². The third-order valence-corrected chi connectivity index (χ3v) is 4.81. The normalized spacial score (nSPS) is 14.0. The minimum Gasteiger partial charge on any atom is -0.462 e. The first-order valence-corrected chi connectivity index (χ1v) is 9.93. The van der Waals surface area contributed by atoms with Gasteiger partial charge in [0.15, 0.2) is 0 Å². The van der Waals surface area contributed by atoms with Crippen molar-refractivity contribution < 1.29 is 19.1 Å². The number of hydrogen-bond donors (Lipinski definition) is 1. The fourth-order valence-corrected chi connectivity index (χ4v) is 3.30. The number of anilines is 1. The van der Waals surface area contributed by atoms with Crippen LogP contribution in [0.15, 0.2) is 42.6 Å². The Kier molecular flexibility index (Phi) is 6.94. The van der Waals surface area contributed by atoms with Crippen LogP contribution in [-0.4, -0.2) is 47.4 Å². The van der Waals surface area contributed by atoms with E-state index in [0.717, 1.165) is 25.7 Å². The molecule has 0 radical (unpaired) electrons. The van der Waals surface area contributed by atoms with Gasteiger partial charge in [-0.2, -0.15) is 0 Å². The number of carbonyl (C=O) groups excluding carboxylic acids is 3. The Hall–Kier alpha value is -3.22. The van der Waals surface area contributed by atoms with Gasteiger partial charge in [0.25, 0.3) is 11.8 Å². The molecule has 1 aromatic heterocycles. The Morgan fingerprint density at radius 3 is 2.52 bits per heavy atom. The molecule has 29 heavy (non-hydrogen) atoms. The van der Waals surface area contributed by atoms with Gasteiger partial charge in [0.05, 0.1) is 17.9 Å². The van der Waals surface area contributed by atoms with Crippen LogP contribution in [0, 0.1) is 0 Å². The van der Waals surface area contributed by atoms with Gasteiger partial charge in [-0.15, -0.1) is 0 Å². The quantitative estimate of drug-likeness (QED) is 0.783. The zero-order valence-corrected chi connectivity index (χ0v) is 16.5. The number of nitrogens with zero attached hydrogens (tertiary/aromatic N) is 2. The lowest BCUT2D eigenvalue weighted by molar-refractivity contribution is 0.0527. The van der Waals surface area contributed by atoms with Crippen LogP contribution in [0.4, 0.5) is 5.69 Å². The molecule has 1 N–H and O–H groups in total. The maximum Gasteiger partial charge on any atom is 0.340 e. The van der Waals surface area contributed by atoms with Gasteiger partial charge >= 0.3 is 5.97 Å². The van der Waals surface area contributed by atoms with Crippen LogP contribution in [0.5, 0.6) is 0 Å². The molecule has 152 valence electrons. The number of para-hydroxylation sites is 1. The number of aromatic nitrogens is 1. The standard InChI is InChI=1S/C22H25N3O4/c1-2-29-22(28)17-9-5-6-10-18(17)24-20(26)16-11-12-23-19(15-16)21(27)25-13-7-3-4-8-14-25/h5-6,9-12,15H,2-4,7-8,13-14H2,1H3,(H,24,26). The number of hydrogen-bond acceptors (Lipinski definition) is 5. The van der Waals surface area contributed by atoms with E-state index in [0.29, 0.717) is 24.3 Å². The Morgan fingerprint density at radius 1 is 1.07 bits per heavy atom. The molecule has 0 spiro atoms. The number of esters is 1. The Morgan fingerprint density at radius 2 is 1.79 bits per heavy atom. The van der Waals surface area contributed by atoms with Crippen LogP contribution in [0.3, 0.4) is 0 Å². The fourth-order valence-electron chi connectivity index (χ4n) is 3.30. The summed E-state index contributed by atoms with van der Waals surface area (Å²) in [6, 6.07) is 9.69. The highest BCUT2D eigenvalue weighted by atomic mass is 16.5. The van der Waals surface area contributed by atoms with Crippen LogP contribution in [0.25, 0.3) is 0 Å². The molecular weight excluding hydrogens is 370 g/mol. The SMILES string of the molecule is CCOC(=O)c1ccccc1NC(=O)c1ccnc(C(=O)N2CCCCCC2)c1. The lowest BCUT2D eigenvalue weighted by Gasteiger charge is -2.19. The molecule has 1 saturated heterocycles. The average molecular weight is 395 g/mol. The first-order valence-electron chi connectivity index (χ1n) is 9.93. The van der Waals surface area contributed by atoms with Crippen LogP contribution >= 0.6 is 0 Å². The molecule has 1 aliphatic heterocycles. The summed E-state index contributed by atoms with van der Waals surface area (Å²) in [5, 5.41) is 2.73. The second kappa shape index (κ2) is 9.82. The van der Waals surface area contributed by atoms with Gasteiger partial charge in [0.1, 0.15) is 5.69 Å². The third-order valence-electron chi connectivity index (χ3n) is 4.81. The highest BCUT2D eigenvalue weighted by molar-refractivity contribution is 6.08. The molecule has 7 nitrogen and oxygen atoms in total. The van der Waals surface area contributed by atoms with Crippen LogP contribution < -0.4 is 5.32 Å². The molecule has 2 aromatic rings. The number of carbonyl (C=O) groups is 3. The molecule has 0 bridgehead atoms. The summed E-state index contributed by atoms with van der Waals surface area (Å²) in [5.41, 5.74) is 1.18. The van der Waals surface area contributed by atoms with Crippen molar-refractivity contribution in [2.24, 2.45) is 0 Å². The summed E-state index contributed by atoms with van der Waals surface area (Å²) < 4.78 is 5.03. The van der Waals surface area contributed by atoms with Gasteiger partial charge < -0.3 is 15.0 Å². The third kappa shape index (κ3) is 5.19. The highest BCUT2D eigenvalue weighted by Crippen LogP contribution is 2.18. The molecule has 0 unspecified atom stereocenters. The Balaban J connectivity index is 1.76. The molecule has 1 aliphatic rings. The number of ether oxygens (including phenoxy) is 1. The number of likely N-dealkylation sites (tertiary alicyclic amines) is 1. The van der Waals surface area contributed by atoms with Gasteiger partial charge in [-0.05, 0) is 44.0 Å². The molecule has 7 heteroatoms. The molecule has 0 aliphatic carbocycles. The maximum atomic E-state index is 12.8. The van der Waals surface area contributed by atoms with Crippen molar-refractivity contribution in [3.8, 4) is 0 Å². The van der Waals surface area contributed by atoms with Crippen molar-refractivity contribution >= 4 is 23.5 Å². The minimum atomic E-state index is -0.504. The van der Waals surface area contributed by atoms with Crippen LogP contribution in [0.1, 0.15) is 63.8 Å². The summed E-state index contributed by atoms with van der Waals surface area (Å²) in [6.07, 6.45) is 5.67. The van der Waals surface area contributed by atoms with Crippen molar-refractivity contribution in [1.82, 2.24) is 9.88 Å². The van der Waals surface area contributed by atoms with E-state index in [1.807, 2.05) is 0 Å². The summed E-state index contributed by atoms with van der Waals surface area (Å²) in [7, 11) is 0. The van der Waals surface area contributed by atoms with Gasteiger partial charge in [-0.3, -0.25) is 14.6 Å². The first kappa shape index (κ1) is 20.5. The highest BCUT2D eigenvalue weighted by Gasteiger charge is 2.20. The zero-order valence-electron chi connectivity index (χ0n) is 16.5. The van der Waals surface area contributed by atoms with Crippen LogP contribution in [0.2, 0.25) is 0 Å². The molecule has 3 rings (SSSR count). The molecule has 0 saturated carbocycles. The van der Waals surface area contributed by atoms with Crippen molar-refractivity contribution in [3.05, 3.63) is 59.4 Å². The molecule has 1 aromatic carbocycles. The predicted octanol–water partition coefficient (Wildman–Crippen LogP) is 3.53. The lowest BCUT2D eigenvalue weighted by Crippen LogP contribution is -2.32. The smallest absolute Gasteiger partial charge is 0.340 e. The summed E-state index contributed by atoms with van der Waals surface area (Å²) >= 11 is 0. The van der Waals surface area contributed by atoms with Crippen LogP contribution in [-0.2, 0) is 4.74 Å². The molecular formula is C22H25N3O4. The van der Waals surface area contributed by atoms with Gasteiger partial charge in [-0.25, -0.2) is 4.79 Å². The zero-order chi connectivity index (χ0) is 20.6. The Bertz CT molecular complexity index is 889. The second-order valence-corrected chi connectivity index (χ2v) is 6.86. The number of rotatable bonds is 5. The largest absolute Gasteiger partial charge is 0.462 e. The molecule has 2 heterocycles. The maximum absolute atomic E-state index is 12.8. The van der Waals surface area contributed by atoms with E-state index >= 15 is 0 Å². The predicted molar refractivity (Wildman–Crippen MR) is 109 cm³/mol. The molecule has 1 fully saturated rings. The van der Waals surface area contributed by atoms with Crippen molar-refractivity contribution in [2.45, 2.75) is 32.6 Å². The van der Waals surface area contributed by atoms with E-state index < -0.39 is 11.9 Å². The summed E-state index contributed by atoms with van der Waals surface area (Å²) in [4.78, 5) is 43.6. The van der Waals surface area contributed by atoms with E-state index in [1.165, 1.54) is 12.3 Å². The van der Waals surface area contributed by atoms with Gasteiger partial charge in [0, 0.05) is 24.8 Å². The second-order valence-electron chi connectivity index (χ2n) is 6.86. The van der Waals surface area contributed by atoms with Crippen molar-refractivity contribution in [3.63, 3.8) is 0 Å². The van der Waals surface area contributed by atoms with E-state index in [2.05, 4.69) is 10.3 Å². The van der Waals surface area contributed by atoms with E-state index in [-0.39, 0.29) is 23.8 Å². The monoisotopic (exact) mass is 395 g/mol. The number of nitrogens with one attached hydrogen (secondary N) is 1. The van der Waals surface area contributed by atoms with Gasteiger partial charge in [0.2, 0.25) is 0 Å². The van der Waals surface area contributed by atoms with E-state index in [4.69, 9.17) is 4.74 Å². The summed E-state index contributed by atoms with van der Waals surface area (Å²) in [5.74, 6) is -1.09. The topological polar surface area (TPSA) is 88.6 Å². The fraction of sp³-hybridized carbons (Fsp3) is 0.364. The van der Waals surface area contributed by atoms with Crippen molar-refractivity contribution in [1.29, 1.82) is 0 Å². The van der Waals surface area contributed by atoms with Crippen molar-refractivity contribution in [2.75, 3.05) is 25.0 Å². The van der Waals surface area contributed by atoms with Gasteiger partial charge in [-0.1, -0.05) is 25.0 Å². The lowest BCUT2D eigenvalue weighted by atomic mass is 10.1. The van der Waals surface area contributed by atoms with E-state index in [1.54, 1.807) is 42.2 Å². The number of pyridine rings is 1. The minimum absolute atomic E-state index is 0.159. The average Bonchev–Trinajstić information content (AvgIpc) is 3.03. The number of amides is 2. The molecule has 0 atom stereocenters. The number of benzene rings is 1. The molecule has 2 amide bonds.